The van der Waals surface area contributed by atoms with Crippen LogP contribution in [-0.2, 0) is 0 Å². The Balaban J connectivity index is 1.26. The van der Waals surface area contributed by atoms with Crippen molar-refractivity contribution in [2.75, 3.05) is 5.32 Å². The molecule has 0 fully saturated rings. The second-order valence-corrected chi connectivity index (χ2v) is 8.48. The number of H-pyrrole nitrogens is 1. The number of aromatic nitrogens is 3. The van der Waals surface area contributed by atoms with Gasteiger partial charge in [-0.2, -0.15) is 4.98 Å². The lowest BCUT2D eigenvalue weighted by Gasteiger charge is -2.10. The Kier molecular flexibility index (Phi) is 5.89. The minimum absolute atomic E-state index is 0.258. The molecule has 0 unspecified atom stereocenters. The molecule has 2 aromatic heterocycles. The Morgan fingerprint density at radius 1 is 0.649 bits per heavy atom. The van der Waals surface area contributed by atoms with E-state index in [4.69, 9.17) is 4.74 Å². The van der Waals surface area contributed by atoms with Crippen LogP contribution in [-0.4, -0.2) is 15.0 Å². The highest BCUT2D eigenvalue weighted by Gasteiger charge is 2.12. The van der Waals surface area contributed by atoms with Gasteiger partial charge in [-0.25, -0.2) is 4.98 Å². The lowest BCUT2D eigenvalue weighted by molar-refractivity contribution is 0.483. The van der Waals surface area contributed by atoms with Gasteiger partial charge in [-0.05, 0) is 64.7 Å². The molecule has 4 aromatic carbocycles. The van der Waals surface area contributed by atoms with Crippen LogP contribution in [0.25, 0.3) is 33.3 Å². The molecule has 2 heterocycles. The van der Waals surface area contributed by atoms with E-state index in [-0.39, 0.29) is 5.56 Å². The normalized spacial score (nSPS) is 10.8. The number of anilines is 2. The van der Waals surface area contributed by atoms with E-state index in [9.17, 15) is 4.79 Å². The van der Waals surface area contributed by atoms with Gasteiger partial charge in [0.05, 0.1) is 5.39 Å². The fraction of sp³-hybridized carbons (Fsp3) is 0. The highest BCUT2D eigenvalue weighted by molar-refractivity contribution is 5.92. The number of aromatic amines is 1. The van der Waals surface area contributed by atoms with Crippen LogP contribution >= 0.6 is 0 Å². The Bertz CT molecular complexity index is 1710. The van der Waals surface area contributed by atoms with Gasteiger partial charge in [0.2, 0.25) is 5.95 Å². The van der Waals surface area contributed by atoms with Crippen LogP contribution in [0.2, 0.25) is 0 Å². The molecule has 6 aromatic rings. The summed E-state index contributed by atoms with van der Waals surface area (Å²) in [6.07, 6.45) is 1.68. The van der Waals surface area contributed by atoms with Crippen LogP contribution < -0.4 is 15.6 Å². The summed E-state index contributed by atoms with van der Waals surface area (Å²) in [6, 6.07) is 37.2. The molecule has 0 saturated carbocycles. The molecule has 6 rings (SSSR count). The number of nitrogens with one attached hydrogen (secondary N) is 2. The molecule has 0 saturated heterocycles. The van der Waals surface area contributed by atoms with Crippen LogP contribution in [0.1, 0.15) is 0 Å². The van der Waals surface area contributed by atoms with E-state index in [2.05, 4.69) is 44.5 Å². The molecule has 0 aliphatic carbocycles. The molecule has 0 spiro atoms. The Morgan fingerprint density at radius 3 is 2.00 bits per heavy atom. The van der Waals surface area contributed by atoms with Gasteiger partial charge in [0.25, 0.3) is 5.56 Å². The Morgan fingerprint density at radius 2 is 1.27 bits per heavy atom. The average Bonchev–Trinajstić information content (AvgIpc) is 2.95. The first-order valence-corrected chi connectivity index (χ1v) is 11.9. The summed E-state index contributed by atoms with van der Waals surface area (Å²) in [5, 5.41) is 3.60. The lowest BCUT2D eigenvalue weighted by Crippen LogP contribution is -2.13. The number of hydrogen-bond acceptors (Lipinski definition) is 5. The van der Waals surface area contributed by atoms with Crippen LogP contribution in [0.5, 0.6) is 11.5 Å². The maximum absolute atomic E-state index is 13.1. The van der Waals surface area contributed by atoms with E-state index in [1.807, 2.05) is 91.0 Å². The summed E-state index contributed by atoms with van der Waals surface area (Å²) in [4.78, 5) is 24.9. The summed E-state index contributed by atoms with van der Waals surface area (Å²) in [5.41, 5.74) is 4.84. The van der Waals surface area contributed by atoms with Crippen molar-refractivity contribution >= 4 is 22.7 Å². The smallest absolute Gasteiger partial charge is 0.262 e. The zero-order valence-corrected chi connectivity index (χ0v) is 19.8. The number of benzene rings is 4. The van der Waals surface area contributed by atoms with Gasteiger partial charge in [0.15, 0.2) is 5.65 Å². The number of pyridine rings is 1. The van der Waals surface area contributed by atoms with Crippen molar-refractivity contribution in [2.24, 2.45) is 0 Å². The second kappa shape index (κ2) is 9.79. The van der Waals surface area contributed by atoms with Crippen LogP contribution in [0.4, 0.5) is 11.6 Å². The third kappa shape index (κ3) is 4.81. The number of nitrogens with zero attached hydrogens (tertiary/aromatic N) is 2. The molecule has 6 heteroatoms. The van der Waals surface area contributed by atoms with Crippen molar-refractivity contribution in [1.82, 2.24) is 15.0 Å². The van der Waals surface area contributed by atoms with E-state index in [0.29, 0.717) is 22.7 Å². The van der Waals surface area contributed by atoms with Crippen molar-refractivity contribution in [3.8, 4) is 33.8 Å². The standard InChI is InChI=1S/C31H22N4O2/c36-30-28-27(23-13-11-22(12-14-23)21-7-3-1-4-8-21)19-20-32-29(28)34-31(35-30)33-24-15-17-26(18-16-24)37-25-9-5-2-6-10-25/h1-20H,(H2,32,33,34,35,36). The van der Waals surface area contributed by atoms with E-state index in [1.165, 1.54) is 0 Å². The van der Waals surface area contributed by atoms with Gasteiger partial charge in [0.1, 0.15) is 11.5 Å². The zero-order chi connectivity index (χ0) is 25.0. The molecule has 0 aliphatic heterocycles. The molecule has 0 aliphatic rings. The van der Waals surface area contributed by atoms with E-state index in [1.54, 1.807) is 6.20 Å². The van der Waals surface area contributed by atoms with Crippen molar-refractivity contribution in [3.05, 3.63) is 132 Å². The minimum Gasteiger partial charge on any atom is -0.457 e. The number of para-hydroxylation sites is 1. The minimum atomic E-state index is -0.258. The average molecular weight is 483 g/mol. The van der Waals surface area contributed by atoms with Crippen molar-refractivity contribution in [1.29, 1.82) is 0 Å². The van der Waals surface area contributed by atoms with Gasteiger partial charge < -0.3 is 10.1 Å². The third-order valence-electron chi connectivity index (χ3n) is 6.01. The topological polar surface area (TPSA) is 79.9 Å². The first kappa shape index (κ1) is 22.2. The summed E-state index contributed by atoms with van der Waals surface area (Å²) in [7, 11) is 0. The van der Waals surface area contributed by atoms with Crippen LogP contribution in [0.15, 0.2) is 126 Å². The van der Waals surface area contributed by atoms with Gasteiger partial charge in [-0.15, -0.1) is 0 Å². The first-order chi connectivity index (χ1) is 18.2. The summed E-state index contributed by atoms with van der Waals surface area (Å²) >= 11 is 0. The molecule has 0 radical (unpaired) electrons. The molecule has 6 nitrogen and oxygen atoms in total. The Labute approximate surface area is 213 Å². The van der Waals surface area contributed by atoms with Gasteiger partial charge in [0, 0.05) is 11.9 Å². The van der Waals surface area contributed by atoms with Crippen molar-refractivity contribution in [2.45, 2.75) is 0 Å². The molecule has 0 bridgehead atoms. The molecule has 0 atom stereocenters. The molecular formula is C31H22N4O2. The highest BCUT2D eigenvalue weighted by atomic mass is 16.5. The second-order valence-electron chi connectivity index (χ2n) is 8.48. The monoisotopic (exact) mass is 482 g/mol. The van der Waals surface area contributed by atoms with E-state index >= 15 is 0 Å². The predicted molar refractivity (Wildman–Crippen MR) is 147 cm³/mol. The molecule has 178 valence electrons. The summed E-state index contributed by atoms with van der Waals surface area (Å²) in [5.74, 6) is 1.79. The summed E-state index contributed by atoms with van der Waals surface area (Å²) in [6.45, 7) is 0. The summed E-state index contributed by atoms with van der Waals surface area (Å²) < 4.78 is 5.84. The van der Waals surface area contributed by atoms with E-state index in [0.717, 1.165) is 33.7 Å². The van der Waals surface area contributed by atoms with Crippen LogP contribution in [0.3, 0.4) is 0 Å². The van der Waals surface area contributed by atoms with E-state index < -0.39 is 0 Å². The highest BCUT2D eigenvalue weighted by Crippen LogP contribution is 2.28. The van der Waals surface area contributed by atoms with Gasteiger partial charge >= 0.3 is 0 Å². The number of fused-ring (bicyclic) bond motifs is 1. The van der Waals surface area contributed by atoms with Gasteiger partial charge in [-0.1, -0.05) is 72.8 Å². The molecule has 37 heavy (non-hydrogen) atoms. The van der Waals surface area contributed by atoms with Gasteiger partial charge in [-0.3, -0.25) is 9.78 Å². The number of hydrogen-bond donors (Lipinski definition) is 2. The third-order valence-corrected chi connectivity index (χ3v) is 6.01. The number of rotatable bonds is 6. The van der Waals surface area contributed by atoms with Crippen LogP contribution in [0, 0.1) is 0 Å². The zero-order valence-electron chi connectivity index (χ0n) is 19.8. The largest absolute Gasteiger partial charge is 0.457 e. The maximum atomic E-state index is 13.1. The SMILES string of the molecule is O=c1[nH]c(Nc2ccc(Oc3ccccc3)cc2)nc2nccc(-c3ccc(-c4ccccc4)cc3)c12. The molecular weight excluding hydrogens is 460 g/mol. The fourth-order valence-corrected chi connectivity index (χ4v) is 4.20. The first-order valence-electron chi connectivity index (χ1n) is 11.9. The quantitative estimate of drug-likeness (QED) is 0.263. The van der Waals surface area contributed by atoms with Crippen molar-refractivity contribution in [3.63, 3.8) is 0 Å². The van der Waals surface area contributed by atoms with Crippen molar-refractivity contribution < 1.29 is 4.74 Å². The lowest BCUT2D eigenvalue weighted by atomic mass is 9.99. The maximum Gasteiger partial charge on any atom is 0.262 e. The number of ether oxygens (including phenoxy) is 1. The predicted octanol–water partition coefficient (Wildman–Crippen LogP) is 7.19. The fourth-order valence-electron chi connectivity index (χ4n) is 4.20. The molecule has 2 N–H and O–H groups in total. The Hall–Kier alpha value is -5.23. The molecule has 0 amide bonds.